The molecule has 0 radical (unpaired) electrons. The number of esters is 1. The van der Waals surface area contributed by atoms with Crippen molar-refractivity contribution in [1.82, 2.24) is 4.90 Å². The number of amides is 2. The van der Waals surface area contributed by atoms with E-state index in [0.29, 0.717) is 17.9 Å². The number of anilines is 1. The average Bonchev–Trinajstić information content (AvgIpc) is 2.78. The molecule has 2 amide bonds. The molecule has 1 N–H and O–H groups in total. The molecule has 0 aliphatic rings. The average molecular weight is 427 g/mol. The summed E-state index contributed by atoms with van der Waals surface area (Å²) in [5.41, 5.74) is 2.99. The minimum Gasteiger partial charge on any atom is -0.496 e. The molecule has 0 aliphatic carbocycles. The van der Waals surface area contributed by atoms with Crippen molar-refractivity contribution in [2.45, 2.75) is 40.2 Å². The Morgan fingerprint density at radius 1 is 1.06 bits per heavy atom. The molecular weight excluding hydrogens is 396 g/mol. The van der Waals surface area contributed by atoms with Gasteiger partial charge in [-0.2, -0.15) is 0 Å². The van der Waals surface area contributed by atoms with E-state index in [-0.39, 0.29) is 24.1 Å². The topological polar surface area (TPSA) is 84.9 Å². The quantitative estimate of drug-likeness (QED) is 0.618. The van der Waals surface area contributed by atoms with Gasteiger partial charge in [-0.1, -0.05) is 31.2 Å². The molecule has 166 valence electrons. The van der Waals surface area contributed by atoms with Crippen LogP contribution in [0.15, 0.2) is 42.5 Å². The molecule has 0 spiro atoms. The maximum atomic E-state index is 12.8. The molecule has 2 aromatic carbocycles. The first kappa shape index (κ1) is 23.9. The summed E-state index contributed by atoms with van der Waals surface area (Å²) in [4.78, 5) is 39.2. The molecule has 0 saturated carbocycles. The number of hydrogen-bond donors (Lipinski definition) is 1. The standard InChI is InChI=1S/C24H30N2O5/c1-6-17(3)26(14-22(27)25-20-12-9-10-16(2)18(20)4)23(28)15-31-24(29)19-11-7-8-13-21(19)30-5/h7-13,17H,6,14-15H2,1-5H3,(H,25,27)/t17-/m0/s1. The third kappa shape index (κ3) is 6.31. The highest BCUT2D eigenvalue weighted by atomic mass is 16.5. The number of rotatable bonds is 9. The summed E-state index contributed by atoms with van der Waals surface area (Å²) in [6.07, 6.45) is 0.656. The van der Waals surface area contributed by atoms with Crippen molar-refractivity contribution in [2.75, 3.05) is 25.6 Å². The summed E-state index contributed by atoms with van der Waals surface area (Å²) >= 11 is 0. The third-order valence-electron chi connectivity index (χ3n) is 5.29. The lowest BCUT2D eigenvalue weighted by atomic mass is 10.1. The minimum atomic E-state index is -0.658. The lowest BCUT2D eigenvalue weighted by molar-refractivity contribution is -0.139. The van der Waals surface area contributed by atoms with Crippen LogP contribution < -0.4 is 10.1 Å². The van der Waals surface area contributed by atoms with Crippen LogP contribution in [0.2, 0.25) is 0 Å². The summed E-state index contributed by atoms with van der Waals surface area (Å²) in [5.74, 6) is -1.03. The number of para-hydroxylation sites is 1. The molecule has 0 aliphatic heterocycles. The van der Waals surface area contributed by atoms with Crippen LogP contribution in [0.4, 0.5) is 5.69 Å². The Labute approximate surface area is 183 Å². The first-order chi connectivity index (χ1) is 14.8. The first-order valence-electron chi connectivity index (χ1n) is 10.2. The largest absolute Gasteiger partial charge is 0.496 e. The van der Waals surface area contributed by atoms with Gasteiger partial charge in [-0.05, 0) is 56.5 Å². The number of ether oxygens (including phenoxy) is 2. The van der Waals surface area contributed by atoms with Crippen LogP contribution >= 0.6 is 0 Å². The molecule has 0 aromatic heterocycles. The summed E-state index contributed by atoms with van der Waals surface area (Å²) in [6, 6.07) is 12.1. The maximum Gasteiger partial charge on any atom is 0.342 e. The Balaban J connectivity index is 2.04. The second-order valence-corrected chi connectivity index (χ2v) is 7.35. The molecule has 2 aromatic rings. The number of carbonyl (C=O) groups is 3. The third-order valence-corrected chi connectivity index (χ3v) is 5.29. The highest BCUT2D eigenvalue weighted by Gasteiger charge is 2.24. The van der Waals surface area contributed by atoms with E-state index in [1.807, 2.05) is 45.9 Å². The van der Waals surface area contributed by atoms with Crippen molar-refractivity contribution in [3.05, 3.63) is 59.2 Å². The van der Waals surface area contributed by atoms with Crippen LogP contribution in [0.3, 0.4) is 0 Å². The smallest absolute Gasteiger partial charge is 0.342 e. The molecule has 31 heavy (non-hydrogen) atoms. The zero-order chi connectivity index (χ0) is 23.0. The van der Waals surface area contributed by atoms with E-state index < -0.39 is 18.5 Å². The zero-order valence-electron chi connectivity index (χ0n) is 18.7. The molecule has 0 saturated heterocycles. The van der Waals surface area contributed by atoms with Crippen LogP contribution in [0.25, 0.3) is 0 Å². The van der Waals surface area contributed by atoms with Crippen molar-refractivity contribution in [3.8, 4) is 5.75 Å². The second kappa shape index (κ2) is 11.2. The molecule has 7 heteroatoms. The first-order valence-corrected chi connectivity index (χ1v) is 10.2. The van der Waals surface area contributed by atoms with E-state index in [9.17, 15) is 14.4 Å². The van der Waals surface area contributed by atoms with Gasteiger partial charge in [0, 0.05) is 11.7 Å². The normalized spacial score (nSPS) is 11.4. The van der Waals surface area contributed by atoms with Crippen LogP contribution in [-0.2, 0) is 14.3 Å². The summed E-state index contributed by atoms with van der Waals surface area (Å²) < 4.78 is 10.4. The SMILES string of the molecule is CC[C@H](C)N(CC(=O)Nc1cccc(C)c1C)C(=O)COC(=O)c1ccccc1OC. The van der Waals surface area contributed by atoms with Crippen LogP contribution in [0, 0.1) is 13.8 Å². The van der Waals surface area contributed by atoms with Gasteiger partial charge in [-0.15, -0.1) is 0 Å². The summed E-state index contributed by atoms with van der Waals surface area (Å²) in [7, 11) is 1.45. The molecular formula is C24H30N2O5. The number of nitrogens with zero attached hydrogens (tertiary/aromatic N) is 1. The van der Waals surface area contributed by atoms with E-state index in [0.717, 1.165) is 11.1 Å². The number of hydrogen-bond acceptors (Lipinski definition) is 5. The maximum absolute atomic E-state index is 12.8. The fourth-order valence-corrected chi connectivity index (χ4v) is 3.04. The van der Waals surface area contributed by atoms with Crippen molar-refractivity contribution < 1.29 is 23.9 Å². The molecule has 7 nitrogen and oxygen atoms in total. The zero-order valence-corrected chi connectivity index (χ0v) is 18.7. The van der Waals surface area contributed by atoms with E-state index in [2.05, 4.69) is 5.32 Å². The Morgan fingerprint density at radius 3 is 2.45 bits per heavy atom. The molecule has 0 heterocycles. The van der Waals surface area contributed by atoms with E-state index in [4.69, 9.17) is 9.47 Å². The van der Waals surface area contributed by atoms with Crippen LogP contribution in [-0.4, -0.2) is 49.0 Å². The predicted molar refractivity (Wildman–Crippen MR) is 119 cm³/mol. The Kier molecular flexibility index (Phi) is 8.61. The Morgan fingerprint density at radius 2 is 1.77 bits per heavy atom. The van der Waals surface area contributed by atoms with Crippen LogP contribution in [0.1, 0.15) is 41.8 Å². The number of benzene rings is 2. The predicted octanol–water partition coefficient (Wildman–Crippen LogP) is 3.73. The fraction of sp³-hybridized carbons (Fsp3) is 0.375. The van der Waals surface area contributed by atoms with Crippen molar-refractivity contribution in [1.29, 1.82) is 0 Å². The number of carbonyl (C=O) groups excluding carboxylic acids is 3. The molecule has 1 atom stereocenters. The molecule has 2 rings (SSSR count). The van der Waals surface area contributed by atoms with Gasteiger partial charge in [-0.25, -0.2) is 4.79 Å². The van der Waals surface area contributed by atoms with Crippen LogP contribution in [0.5, 0.6) is 5.75 Å². The lowest BCUT2D eigenvalue weighted by Gasteiger charge is -2.28. The monoisotopic (exact) mass is 426 g/mol. The highest BCUT2D eigenvalue weighted by Crippen LogP contribution is 2.19. The highest BCUT2D eigenvalue weighted by molar-refractivity contribution is 5.96. The van der Waals surface area contributed by atoms with Crippen molar-refractivity contribution >= 4 is 23.5 Å². The molecule has 0 bridgehead atoms. The molecule has 0 unspecified atom stereocenters. The van der Waals surface area contributed by atoms with Gasteiger partial charge in [0.25, 0.3) is 5.91 Å². The second-order valence-electron chi connectivity index (χ2n) is 7.35. The Hall–Kier alpha value is -3.35. The Bertz CT molecular complexity index is 941. The van der Waals surface area contributed by atoms with Gasteiger partial charge in [0.15, 0.2) is 6.61 Å². The van der Waals surface area contributed by atoms with Gasteiger partial charge < -0.3 is 19.7 Å². The van der Waals surface area contributed by atoms with E-state index in [1.54, 1.807) is 24.3 Å². The van der Waals surface area contributed by atoms with E-state index >= 15 is 0 Å². The van der Waals surface area contributed by atoms with Gasteiger partial charge in [-0.3, -0.25) is 9.59 Å². The summed E-state index contributed by atoms with van der Waals surface area (Å²) in [6.45, 7) is 7.08. The van der Waals surface area contributed by atoms with Gasteiger partial charge in [0.1, 0.15) is 17.9 Å². The van der Waals surface area contributed by atoms with Gasteiger partial charge in [0.05, 0.1) is 7.11 Å². The van der Waals surface area contributed by atoms with Gasteiger partial charge >= 0.3 is 5.97 Å². The van der Waals surface area contributed by atoms with Crippen molar-refractivity contribution in [3.63, 3.8) is 0 Å². The fourth-order valence-electron chi connectivity index (χ4n) is 3.04. The van der Waals surface area contributed by atoms with Crippen molar-refractivity contribution in [2.24, 2.45) is 0 Å². The number of methoxy groups -OCH3 is 1. The summed E-state index contributed by atoms with van der Waals surface area (Å²) in [5, 5.41) is 2.86. The lowest BCUT2D eigenvalue weighted by Crippen LogP contribution is -2.45. The number of nitrogens with one attached hydrogen (secondary N) is 1. The van der Waals surface area contributed by atoms with E-state index in [1.165, 1.54) is 12.0 Å². The minimum absolute atomic E-state index is 0.132. The number of aryl methyl sites for hydroxylation is 1. The van der Waals surface area contributed by atoms with Gasteiger partial charge in [0.2, 0.25) is 5.91 Å². The molecule has 0 fully saturated rings.